The second-order valence-corrected chi connectivity index (χ2v) is 6.10. The van der Waals surface area contributed by atoms with Crippen LogP contribution in [0.25, 0.3) is 0 Å². The molecule has 0 fully saturated rings. The number of rotatable bonds is 7. The summed E-state index contributed by atoms with van der Waals surface area (Å²) in [5.74, 6) is -0.296. The molecule has 1 unspecified atom stereocenters. The lowest BCUT2D eigenvalue weighted by atomic mass is 10.0. The monoisotopic (exact) mass is 410 g/mol. The lowest BCUT2D eigenvalue weighted by molar-refractivity contribution is -0.386. The third-order valence-corrected chi connectivity index (χ3v) is 4.24. The summed E-state index contributed by atoms with van der Waals surface area (Å²) < 4.78 is 10.0. The average Bonchev–Trinajstić information content (AvgIpc) is 2.62. The van der Waals surface area contributed by atoms with Crippen molar-refractivity contribution in [3.05, 3.63) is 44.0 Å². The number of nitro groups is 1. The van der Waals surface area contributed by atoms with Gasteiger partial charge < -0.3 is 15.2 Å². The number of carbonyl (C=O) groups is 1. The number of nitrogen functional groups attached to an aromatic ring is 1. The Labute approximate surface area is 165 Å². The van der Waals surface area contributed by atoms with E-state index >= 15 is 0 Å². The van der Waals surface area contributed by atoms with Crippen molar-refractivity contribution in [2.45, 2.75) is 19.9 Å². The molecular weight excluding hydrogens is 392 g/mol. The quantitative estimate of drug-likeness (QED) is 0.296. The summed E-state index contributed by atoms with van der Waals surface area (Å²) in [7, 11) is 2.72. The molecule has 2 aromatic heterocycles. The van der Waals surface area contributed by atoms with Crippen molar-refractivity contribution in [1.82, 2.24) is 20.3 Å². The Balaban J connectivity index is 2.72. The highest BCUT2D eigenvalue weighted by molar-refractivity contribution is 6.31. The Bertz CT molecular complexity index is 923. The van der Waals surface area contributed by atoms with E-state index in [4.69, 9.17) is 22.1 Å². The molecule has 0 saturated carbocycles. The van der Waals surface area contributed by atoms with Crippen LogP contribution in [0.1, 0.15) is 28.6 Å². The van der Waals surface area contributed by atoms with Crippen LogP contribution in [0.3, 0.4) is 0 Å². The van der Waals surface area contributed by atoms with Crippen molar-refractivity contribution in [3.8, 4) is 5.75 Å². The molecule has 12 heteroatoms. The van der Waals surface area contributed by atoms with Crippen LogP contribution in [0.5, 0.6) is 5.75 Å². The maximum atomic E-state index is 11.6. The van der Waals surface area contributed by atoms with E-state index in [-0.39, 0.29) is 18.2 Å². The number of halogens is 1. The Morgan fingerprint density at radius 1 is 1.36 bits per heavy atom. The molecule has 0 aromatic carbocycles. The van der Waals surface area contributed by atoms with E-state index in [0.29, 0.717) is 17.0 Å². The van der Waals surface area contributed by atoms with E-state index in [1.165, 1.54) is 14.2 Å². The Morgan fingerprint density at radius 3 is 2.61 bits per heavy atom. The van der Waals surface area contributed by atoms with Gasteiger partial charge in [-0.15, -0.1) is 0 Å². The number of nitrogens with two attached hydrogens (primary N) is 1. The minimum Gasteiger partial charge on any atom is -0.496 e. The molecule has 2 aromatic rings. The molecule has 0 spiro atoms. The number of nitrogens with zero attached hydrogens (tertiary/aromatic N) is 4. The largest absolute Gasteiger partial charge is 0.496 e. The lowest BCUT2D eigenvalue weighted by Gasteiger charge is -2.21. The Kier molecular flexibility index (Phi) is 6.65. The van der Waals surface area contributed by atoms with Gasteiger partial charge in [-0.3, -0.25) is 25.2 Å². The van der Waals surface area contributed by atoms with Gasteiger partial charge in [0.25, 0.3) is 0 Å². The van der Waals surface area contributed by atoms with Gasteiger partial charge in [0.15, 0.2) is 0 Å². The Morgan fingerprint density at radius 2 is 2.04 bits per heavy atom. The van der Waals surface area contributed by atoms with Crippen LogP contribution >= 0.6 is 11.6 Å². The number of hydrogen-bond acceptors (Lipinski definition) is 10. The number of anilines is 1. The fraction of sp³-hybridized carbons (Fsp3) is 0.375. The number of methoxy groups -OCH3 is 2. The number of aromatic nitrogens is 3. The number of nitrogens with one attached hydrogen (secondary N) is 1. The molecule has 0 aliphatic carbocycles. The summed E-state index contributed by atoms with van der Waals surface area (Å²) in [6, 6.07) is -1.00. The van der Waals surface area contributed by atoms with Crippen LogP contribution in [0, 0.1) is 24.0 Å². The molecule has 2 rings (SSSR count). The Hall–Kier alpha value is -3.05. The van der Waals surface area contributed by atoms with Gasteiger partial charge in [0.2, 0.25) is 11.1 Å². The first-order valence-electron chi connectivity index (χ1n) is 7.98. The van der Waals surface area contributed by atoms with Crippen molar-refractivity contribution < 1.29 is 19.2 Å². The standard InChI is InChI=1S/C16H19ClN6O5/c1-7-5-19-10(8(2)14(7)28-4)11(20-6-9(24)27-3)12-13(23(25)26)15(17)22-16(18)21-12/h5,11,20H,6H2,1-4H3,(H2,18,21,22). The molecule has 0 radical (unpaired) electrons. The van der Waals surface area contributed by atoms with Crippen LogP contribution in [0.4, 0.5) is 11.6 Å². The zero-order valence-electron chi connectivity index (χ0n) is 15.6. The minimum atomic E-state index is -1.00. The number of carbonyl (C=O) groups excluding carboxylic acids is 1. The van der Waals surface area contributed by atoms with Gasteiger partial charge in [-0.05, 0) is 13.8 Å². The first-order valence-corrected chi connectivity index (χ1v) is 8.36. The molecule has 11 nitrogen and oxygen atoms in total. The first kappa shape index (κ1) is 21.3. The molecular formula is C16H19ClN6O5. The summed E-state index contributed by atoms with van der Waals surface area (Å²) in [5.41, 5.74) is 6.70. The second-order valence-electron chi connectivity index (χ2n) is 5.74. The molecule has 0 saturated heterocycles. The van der Waals surface area contributed by atoms with E-state index in [0.717, 1.165) is 5.56 Å². The number of aryl methyl sites for hydroxylation is 1. The zero-order valence-corrected chi connectivity index (χ0v) is 16.4. The number of esters is 1. The predicted molar refractivity (Wildman–Crippen MR) is 100 cm³/mol. The summed E-state index contributed by atoms with van der Waals surface area (Å²) in [5, 5.41) is 14.0. The topological polar surface area (TPSA) is 155 Å². The highest BCUT2D eigenvalue weighted by atomic mass is 35.5. The third-order valence-electron chi connectivity index (χ3n) is 3.98. The van der Waals surface area contributed by atoms with Crippen LogP contribution < -0.4 is 15.8 Å². The number of hydrogen-bond donors (Lipinski definition) is 2. The van der Waals surface area contributed by atoms with Gasteiger partial charge in [0.1, 0.15) is 17.5 Å². The van der Waals surface area contributed by atoms with Crippen LogP contribution in [0.2, 0.25) is 5.15 Å². The summed E-state index contributed by atoms with van der Waals surface area (Å²) in [6.45, 7) is 3.28. The molecule has 0 aliphatic heterocycles. The summed E-state index contributed by atoms with van der Waals surface area (Å²) >= 11 is 5.94. The minimum absolute atomic E-state index is 0.132. The fourth-order valence-electron chi connectivity index (χ4n) is 2.75. The number of pyridine rings is 1. The smallest absolute Gasteiger partial charge is 0.329 e. The van der Waals surface area contributed by atoms with Gasteiger partial charge in [0, 0.05) is 17.3 Å². The van der Waals surface area contributed by atoms with Gasteiger partial charge in [-0.2, -0.15) is 4.98 Å². The van der Waals surface area contributed by atoms with Gasteiger partial charge in [0.05, 0.1) is 31.4 Å². The lowest BCUT2D eigenvalue weighted by Crippen LogP contribution is -2.31. The molecule has 28 heavy (non-hydrogen) atoms. The maximum Gasteiger partial charge on any atom is 0.329 e. The van der Waals surface area contributed by atoms with Crippen LogP contribution in [-0.2, 0) is 9.53 Å². The maximum absolute atomic E-state index is 11.6. The molecule has 2 heterocycles. The third kappa shape index (κ3) is 4.26. The zero-order chi connectivity index (χ0) is 21.0. The predicted octanol–water partition coefficient (Wildman–Crippen LogP) is 1.49. The fourth-order valence-corrected chi connectivity index (χ4v) is 3.00. The molecule has 150 valence electrons. The van der Waals surface area contributed by atoms with Gasteiger partial charge in [-0.25, -0.2) is 4.98 Å². The first-order chi connectivity index (χ1) is 13.2. The van der Waals surface area contributed by atoms with Crippen LogP contribution in [-0.4, -0.2) is 46.6 Å². The van der Waals surface area contributed by atoms with Crippen LogP contribution in [0.15, 0.2) is 6.20 Å². The SMILES string of the molecule is COC(=O)CNC(c1ncc(C)c(OC)c1C)c1nc(N)nc(Cl)c1[N+](=O)[O-]. The van der Waals surface area contributed by atoms with E-state index in [1.54, 1.807) is 13.1 Å². The average molecular weight is 411 g/mol. The van der Waals surface area contributed by atoms with E-state index < -0.39 is 27.8 Å². The van der Waals surface area contributed by atoms with Crippen molar-refractivity contribution in [2.24, 2.45) is 0 Å². The van der Waals surface area contributed by atoms with Crippen molar-refractivity contribution in [3.63, 3.8) is 0 Å². The summed E-state index contributed by atoms with van der Waals surface area (Å²) in [6.07, 6.45) is 1.55. The van der Waals surface area contributed by atoms with Crippen molar-refractivity contribution >= 4 is 29.2 Å². The number of ether oxygens (including phenoxy) is 2. The van der Waals surface area contributed by atoms with Gasteiger partial charge in [-0.1, -0.05) is 11.6 Å². The van der Waals surface area contributed by atoms with Gasteiger partial charge >= 0.3 is 11.7 Å². The normalized spacial score (nSPS) is 11.8. The van der Waals surface area contributed by atoms with Crippen molar-refractivity contribution in [1.29, 1.82) is 0 Å². The van der Waals surface area contributed by atoms with E-state index in [2.05, 4.69) is 25.0 Å². The highest BCUT2D eigenvalue weighted by Gasteiger charge is 2.33. The molecule has 0 bridgehead atoms. The molecule has 0 aliphatic rings. The van der Waals surface area contributed by atoms with E-state index in [1.807, 2.05) is 6.92 Å². The highest BCUT2D eigenvalue weighted by Crippen LogP contribution is 2.36. The summed E-state index contributed by atoms with van der Waals surface area (Å²) in [4.78, 5) is 34.5. The van der Waals surface area contributed by atoms with Crippen molar-refractivity contribution in [2.75, 3.05) is 26.5 Å². The molecule has 3 N–H and O–H groups in total. The second kappa shape index (κ2) is 8.76. The van der Waals surface area contributed by atoms with E-state index in [9.17, 15) is 14.9 Å². The molecule has 1 atom stereocenters. The molecule has 0 amide bonds.